The molecule has 23 heavy (non-hydrogen) atoms. The third-order valence-corrected chi connectivity index (χ3v) is 4.63. The average Bonchev–Trinajstić information content (AvgIpc) is 3.25. The van der Waals surface area contributed by atoms with Gasteiger partial charge >= 0.3 is 17.8 Å². The zero-order valence-corrected chi connectivity index (χ0v) is 13.0. The molecule has 2 heterocycles. The summed E-state index contributed by atoms with van der Waals surface area (Å²) >= 11 is 0. The van der Waals surface area contributed by atoms with Crippen LogP contribution in [0.2, 0.25) is 0 Å². The molecule has 8 nitrogen and oxygen atoms in total. The Morgan fingerprint density at radius 1 is 1.09 bits per heavy atom. The number of hydrogen-bond donors (Lipinski definition) is 1. The summed E-state index contributed by atoms with van der Waals surface area (Å²) in [7, 11) is 0. The summed E-state index contributed by atoms with van der Waals surface area (Å²) in [6, 6.07) is -0.877. The highest BCUT2D eigenvalue weighted by atomic mass is 16.5. The van der Waals surface area contributed by atoms with E-state index in [-0.39, 0.29) is 12.1 Å². The molecule has 1 atom stereocenters. The van der Waals surface area contributed by atoms with Crippen LogP contribution in [0, 0.1) is 0 Å². The third kappa shape index (κ3) is 3.21. The van der Waals surface area contributed by atoms with E-state index >= 15 is 0 Å². The summed E-state index contributed by atoms with van der Waals surface area (Å²) in [6.45, 7) is 0.628. The first kappa shape index (κ1) is 15.9. The number of nitrogens with one attached hydrogen (secondary N) is 1. The van der Waals surface area contributed by atoms with Crippen molar-refractivity contribution in [1.29, 1.82) is 0 Å². The fraction of sp³-hybridized carbons (Fsp3) is 0.733. The minimum atomic E-state index is -0.908. The van der Waals surface area contributed by atoms with E-state index in [9.17, 15) is 19.2 Å². The number of carbonyl (C=O) groups excluding carboxylic acids is 4. The van der Waals surface area contributed by atoms with E-state index in [1.54, 1.807) is 0 Å². The summed E-state index contributed by atoms with van der Waals surface area (Å²) in [5.41, 5.74) is 0. The van der Waals surface area contributed by atoms with Gasteiger partial charge in [0.15, 0.2) is 0 Å². The molecular formula is C15H21N3O5. The van der Waals surface area contributed by atoms with Crippen LogP contribution in [0.25, 0.3) is 0 Å². The van der Waals surface area contributed by atoms with Gasteiger partial charge in [0.2, 0.25) is 5.91 Å². The fourth-order valence-electron chi connectivity index (χ4n) is 3.38. The zero-order valence-electron chi connectivity index (χ0n) is 13.0. The number of hydrogen-bond acceptors (Lipinski definition) is 5. The molecule has 0 aromatic carbocycles. The maximum Gasteiger partial charge on any atom is 0.334 e. The molecule has 1 saturated carbocycles. The number of nitrogens with zero attached hydrogens (tertiary/aromatic N) is 2. The van der Waals surface area contributed by atoms with Crippen molar-refractivity contribution >= 4 is 23.8 Å². The molecule has 2 aliphatic heterocycles. The van der Waals surface area contributed by atoms with Gasteiger partial charge in [0.1, 0.15) is 6.54 Å². The minimum Gasteiger partial charge on any atom is -0.376 e. The average molecular weight is 323 g/mol. The summed E-state index contributed by atoms with van der Waals surface area (Å²) < 4.78 is 5.39. The van der Waals surface area contributed by atoms with E-state index in [4.69, 9.17) is 4.74 Å². The van der Waals surface area contributed by atoms with E-state index in [0.717, 1.165) is 48.3 Å². The third-order valence-electron chi connectivity index (χ3n) is 4.63. The first-order valence-electron chi connectivity index (χ1n) is 8.15. The Morgan fingerprint density at radius 3 is 2.48 bits per heavy atom. The molecule has 0 spiro atoms. The Hall–Kier alpha value is -1.96. The van der Waals surface area contributed by atoms with E-state index < -0.39 is 30.3 Å². The lowest BCUT2D eigenvalue weighted by atomic mass is 10.2. The molecule has 1 N–H and O–H groups in total. The molecule has 8 heteroatoms. The zero-order chi connectivity index (χ0) is 16.4. The molecular weight excluding hydrogens is 302 g/mol. The first-order chi connectivity index (χ1) is 11.1. The van der Waals surface area contributed by atoms with Gasteiger partial charge in [-0.2, -0.15) is 0 Å². The van der Waals surface area contributed by atoms with Crippen LogP contribution in [0.4, 0.5) is 4.79 Å². The molecule has 0 unspecified atom stereocenters. The molecule has 3 fully saturated rings. The topological polar surface area (TPSA) is 96.0 Å². The van der Waals surface area contributed by atoms with Crippen LogP contribution in [-0.2, 0) is 19.1 Å². The molecule has 5 amide bonds. The number of imide groups is 2. The largest absolute Gasteiger partial charge is 0.376 e. The van der Waals surface area contributed by atoms with Gasteiger partial charge in [-0.05, 0) is 25.7 Å². The standard InChI is InChI=1S/C15H21N3O5/c19-12(16-8-11-6-3-7-23-11)9-17-13(20)14(21)18(15(17)22)10-4-1-2-5-10/h10-11H,1-9H2,(H,16,19)/t11-/m0/s1. The highest BCUT2D eigenvalue weighted by Gasteiger charge is 2.48. The van der Waals surface area contributed by atoms with Crippen LogP contribution < -0.4 is 5.32 Å². The summed E-state index contributed by atoms with van der Waals surface area (Å²) in [5, 5.41) is 2.65. The first-order valence-corrected chi connectivity index (χ1v) is 8.15. The Kier molecular flexibility index (Phi) is 4.61. The van der Waals surface area contributed by atoms with E-state index in [2.05, 4.69) is 5.32 Å². The lowest BCUT2D eigenvalue weighted by Crippen LogP contribution is -2.44. The van der Waals surface area contributed by atoms with Crippen molar-refractivity contribution < 1.29 is 23.9 Å². The smallest absolute Gasteiger partial charge is 0.334 e. The van der Waals surface area contributed by atoms with Crippen molar-refractivity contribution in [2.75, 3.05) is 19.7 Å². The molecule has 0 bridgehead atoms. The molecule has 0 aromatic rings. The number of amides is 5. The fourth-order valence-corrected chi connectivity index (χ4v) is 3.38. The molecule has 0 radical (unpaired) electrons. The van der Waals surface area contributed by atoms with E-state index in [1.807, 2.05) is 0 Å². The number of urea groups is 1. The van der Waals surface area contributed by atoms with Gasteiger partial charge < -0.3 is 10.1 Å². The van der Waals surface area contributed by atoms with Gasteiger partial charge in [-0.1, -0.05) is 12.8 Å². The van der Waals surface area contributed by atoms with Crippen molar-refractivity contribution in [1.82, 2.24) is 15.1 Å². The highest BCUT2D eigenvalue weighted by molar-refractivity contribution is 6.45. The van der Waals surface area contributed by atoms with Gasteiger partial charge in [0.05, 0.1) is 6.10 Å². The highest BCUT2D eigenvalue weighted by Crippen LogP contribution is 2.27. The van der Waals surface area contributed by atoms with Crippen LogP contribution in [0.5, 0.6) is 0 Å². The summed E-state index contributed by atoms with van der Waals surface area (Å²) in [5.74, 6) is -2.17. The SMILES string of the molecule is O=C(CN1C(=O)C(=O)N(C2CCCC2)C1=O)NC[C@@H]1CCCO1. The normalized spacial score (nSPS) is 25.7. The maximum absolute atomic E-state index is 12.3. The molecule has 3 aliphatic rings. The summed E-state index contributed by atoms with van der Waals surface area (Å²) in [4.78, 5) is 50.0. The molecule has 2 saturated heterocycles. The van der Waals surface area contributed by atoms with Gasteiger partial charge in [-0.25, -0.2) is 9.69 Å². The second-order valence-corrected chi connectivity index (χ2v) is 6.23. The molecule has 3 rings (SSSR count). The van der Waals surface area contributed by atoms with E-state index in [1.165, 1.54) is 0 Å². The monoisotopic (exact) mass is 323 g/mol. The predicted octanol–water partition coefficient (Wildman–Crippen LogP) is 0.0150. The maximum atomic E-state index is 12.3. The van der Waals surface area contributed by atoms with Crippen LogP contribution in [0.3, 0.4) is 0 Å². The number of rotatable bonds is 5. The van der Waals surface area contributed by atoms with Crippen LogP contribution in [0.1, 0.15) is 38.5 Å². The van der Waals surface area contributed by atoms with Crippen molar-refractivity contribution in [2.24, 2.45) is 0 Å². The van der Waals surface area contributed by atoms with E-state index in [0.29, 0.717) is 13.2 Å². The molecule has 0 aromatic heterocycles. The number of carbonyl (C=O) groups is 4. The van der Waals surface area contributed by atoms with Crippen molar-refractivity contribution in [2.45, 2.75) is 50.7 Å². The van der Waals surface area contributed by atoms with Crippen LogP contribution >= 0.6 is 0 Å². The summed E-state index contributed by atoms with van der Waals surface area (Å²) in [6.07, 6.45) is 5.17. The lowest BCUT2D eigenvalue weighted by Gasteiger charge is -2.21. The van der Waals surface area contributed by atoms with Crippen molar-refractivity contribution in [3.63, 3.8) is 0 Å². The minimum absolute atomic E-state index is 0.0134. The van der Waals surface area contributed by atoms with Gasteiger partial charge in [-0.15, -0.1) is 0 Å². The quantitative estimate of drug-likeness (QED) is 0.568. The predicted molar refractivity (Wildman–Crippen MR) is 78.2 cm³/mol. The van der Waals surface area contributed by atoms with Crippen LogP contribution in [-0.4, -0.2) is 65.4 Å². The Bertz CT molecular complexity index is 523. The van der Waals surface area contributed by atoms with Gasteiger partial charge in [-0.3, -0.25) is 19.3 Å². The second kappa shape index (κ2) is 6.66. The Morgan fingerprint density at radius 2 is 1.83 bits per heavy atom. The second-order valence-electron chi connectivity index (χ2n) is 6.23. The Labute approximate surface area is 134 Å². The van der Waals surface area contributed by atoms with Gasteiger partial charge in [0, 0.05) is 19.2 Å². The van der Waals surface area contributed by atoms with Gasteiger partial charge in [0.25, 0.3) is 0 Å². The molecule has 1 aliphatic carbocycles. The van der Waals surface area contributed by atoms with Crippen LogP contribution in [0.15, 0.2) is 0 Å². The molecule has 126 valence electrons. The Balaban J connectivity index is 1.56. The van der Waals surface area contributed by atoms with Crippen molar-refractivity contribution in [3.05, 3.63) is 0 Å². The lowest BCUT2D eigenvalue weighted by molar-refractivity contribution is -0.144. The number of ether oxygens (including phenoxy) is 1. The van der Waals surface area contributed by atoms with Crippen molar-refractivity contribution in [3.8, 4) is 0 Å².